The van der Waals surface area contributed by atoms with E-state index < -0.39 is 0 Å². The minimum atomic E-state index is -0.170. The number of nitrogens with one attached hydrogen (secondary N) is 1. The summed E-state index contributed by atoms with van der Waals surface area (Å²) in [4.78, 5) is 12.1. The van der Waals surface area contributed by atoms with E-state index in [0.29, 0.717) is 0 Å². The Labute approximate surface area is 47.6 Å². The molecule has 4 heteroatoms. The lowest BCUT2D eigenvalue weighted by Gasteiger charge is -2.29. The maximum atomic E-state index is 10.5. The molecule has 0 aromatic rings. The van der Waals surface area contributed by atoms with E-state index in [0.717, 1.165) is 19.5 Å². The van der Waals surface area contributed by atoms with Gasteiger partial charge in [-0.1, -0.05) is 0 Å². The molecule has 0 saturated carbocycles. The summed E-state index contributed by atoms with van der Waals surface area (Å²) in [7, 11) is 0. The van der Waals surface area contributed by atoms with Gasteiger partial charge in [0.05, 0.1) is 0 Å². The largest absolute Gasteiger partial charge is 0.331 e. The number of hydrazine groups is 1. The van der Waals surface area contributed by atoms with Crippen LogP contribution in [0.3, 0.4) is 0 Å². The fourth-order valence-corrected chi connectivity index (χ4v) is 0.611. The first-order chi connectivity index (χ1) is 3.84. The van der Waals surface area contributed by atoms with Crippen LogP contribution in [0.1, 0.15) is 6.42 Å². The van der Waals surface area contributed by atoms with Crippen LogP contribution in [0.5, 0.6) is 0 Å². The Balaban J connectivity index is 2.24. The molecule has 0 aliphatic carbocycles. The van der Waals surface area contributed by atoms with Crippen LogP contribution >= 0.6 is 0 Å². The molecule has 2 amide bonds. The molecule has 3 N–H and O–H groups in total. The number of carbonyl (C=O) groups is 1. The highest BCUT2D eigenvalue weighted by Crippen LogP contribution is 2.03. The van der Waals surface area contributed by atoms with Gasteiger partial charge in [-0.25, -0.2) is 10.6 Å². The van der Waals surface area contributed by atoms with Crippen molar-refractivity contribution in [3.05, 3.63) is 0 Å². The van der Waals surface area contributed by atoms with E-state index in [2.05, 4.69) is 5.43 Å². The molecule has 0 radical (unpaired) electrons. The maximum absolute atomic E-state index is 10.5. The van der Waals surface area contributed by atoms with Crippen LogP contribution in [0, 0.1) is 0 Å². The first-order valence-electron chi connectivity index (χ1n) is 2.60. The SMILES string of the molecule is NNC(=O)N1CCC1. The van der Waals surface area contributed by atoms with Crippen LogP contribution in [-0.2, 0) is 0 Å². The molecule has 0 aromatic carbocycles. The van der Waals surface area contributed by atoms with Crippen LogP contribution in [0.25, 0.3) is 0 Å². The number of rotatable bonds is 0. The number of hydrogen-bond acceptors (Lipinski definition) is 2. The van der Waals surface area contributed by atoms with Crippen molar-refractivity contribution < 1.29 is 4.79 Å². The summed E-state index contributed by atoms with van der Waals surface area (Å²) >= 11 is 0. The van der Waals surface area contributed by atoms with Crippen molar-refractivity contribution in [3.63, 3.8) is 0 Å². The maximum Gasteiger partial charge on any atom is 0.331 e. The first-order valence-corrected chi connectivity index (χ1v) is 2.60. The van der Waals surface area contributed by atoms with Crippen molar-refractivity contribution in [2.45, 2.75) is 6.42 Å². The second kappa shape index (κ2) is 2.00. The van der Waals surface area contributed by atoms with Crippen LogP contribution in [0.2, 0.25) is 0 Å². The summed E-state index contributed by atoms with van der Waals surface area (Å²) in [6.45, 7) is 1.70. The fourth-order valence-electron chi connectivity index (χ4n) is 0.611. The molecule has 0 spiro atoms. The van der Waals surface area contributed by atoms with Gasteiger partial charge < -0.3 is 4.90 Å². The Bertz CT molecular complexity index is 99.5. The molecule has 1 saturated heterocycles. The van der Waals surface area contributed by atoms with Gasteiger partial charge in [-0.3, -0.25) is 5.43 Å². The molecular weight excluding hydrogens is 106 g/mol. The van der Waals surface area contributed by atoms with Gasteiger partial charge in [-0.15, -0.1) is 0 Å². The monoisotopic (exact) mass is 115 g/mol. The number of nitrogens with two attached hydrogens (primary N) is 1. The van der Waals surface area contributed by atoms with Crippen molar-refractivity contribution in [3.8, 4) is 0 Å². The standard InChI is InChI=1S/C4H9N3O/c5-6-4(8)7-2-1-3-7/h1-3,5H2,(H,6,8). The van der Waals surface area contributed by atoms with Gasteiger partial charge in [0.2, 0.25) is 0 Å². The van der Waals surface area contributed by atoms with E-state index in [-0.39, 0.29) is 6.03 Å². The second-order valence-corrected chi connectivity index (χ2v) is 1.79. The number of likely N-dealkylation sites (tertiary alicyclic amines) is 1. The summed E-state index contributed by atoms with van der Waals surface area (Å²) in [6, 6.07) is -0.170. The Kier molecular flexibility index (Phi) is 1.34. The van der Waals surface area contributed by atoms with E-state index >= 15 is 0 Å². The Morgan fingerprint density at radius 1 is 1.62 bits per heavy atom. The van der Waals surface area contributed by atoms with Crippen molar-refractivity contribution in [2.24, 2.45) is 5.84 Å². The molecule has 46 valence electrons. The first kappa shape index (κ1) is 5.37. The molecule has 0 unspecified atom stereocenters. The normalized spacial score (nSPS) is 17.4. The lowest BCUT2D eigenvalue weighted by atomic mass is 10.2. The third-order valence-corrected chi connectivity index (χ3v) is 1.27. The van der Waals surface area contributed by atoms with Crippen LogP contribution < -0.4 is 11.3 Å². The highest BCUT2D eigenvalue weighted by atomic mass is 16.2. The lowest BCUT2D eigenvalue weighted by molar-refractivity contribution is 0.168. The smallest absolute Gasteiger partial charge is 0.324 e. The summed E-state index contributed by atoms with van der Waals surface area (Å²) in [6.07, 6.45) is 1.10. The molecule has 0 aromatic heterocycles. The van der Waals surface area contributed by atoms with Crippen molar-refractivity contribution in [1.82, 2.24) is 10.3 Å². The predicted octanol–water partition coefficient (Wildman–Crippen LogP) is -0.725. The topological polar surface area (TPSA) is 58.4 Å². The van der Waals surface area contributed by atoms with E-state index in [1.165, 1.54) is 0 Å². The van der Waals surface area contributed by atoms with Gasteiger partial charge >= 0.3 is 6.03 Å². The minimum Gasteiger partial charge on any atom is -0.324 e. The molecule has 0 bridgehead atoms. The average Bonchev–Trinajstić information content (AvgIpc) is 1.62. The number of nitrogens with zero attached hydrogens (tertiary/aromatic N) is 1. The van der Waals surface area contributed by atoms with Crippen molar-refractivity contribution in [1.29, 1.82) is 0 Å². The van der Waals surface area contributed by atoms with Gasteiger partial charge in [0, 0.05) is 13.1 Å². The molecular formula is C4H9N3O. The van der Waals surface area contributed by atoms with E-state index in [4.69, 9.17) is 5.84 Å². The lowest BCUT2D eigenvalue weighted by Crippen LogP contribution is -2.49. The summed E-state index contributed by atoms with van der Waals surface area (Å²) in [5.74, 6) is 4.84. The molecule has 1 fully saturated rings. The number of amides is 2. The Hall–Kier alpha value is -0.770. The van der Waals surface area contributed by atoms with Crippen LogP contribution in [-0.4, -0.2) is 24.0 Å². The molecule has 4 nitrogen and oxygen atoms in total. The highest BCUT2D eigenvalue weighted by Gasteiger charge is 2.18. The third-order valence-electron chi connectivity index (χ3n) is 1.27. The molecule has 1 aliphatic heterocycles. The number of carbonyl (C=O) groups excluding carboxylic acids is 1. The fraction of sp³-hybridized carbons (Fsp3) is 0.750. The molecule has 0 atom stereocenters. The van der Waals surface area contributed by atoms with Gasteiger partial charge in [-0.2, -0.15) is 0 Å². The van der Waals surface area contributed by atoms with Crippen molar-refractivity contribution in [2.75, 3.05) is 13.1 Å². The van der Waals surface area contributed by atoms with Gasteiger partial charge in [0.25, 0.3) is 0 Å². The Morgan fingerprint density at radius 2 is 2.25 bits per heavy atom. The average molecular weight is 115 g/mol. The van der Waals surface area contributed by atoms with E-state index in [1.807, 2.05) is 0 Å². The predicted molar refractivity (Wildman–Crippen MR) is 28.9 cm³/mol. The summed E-state index contributed by atoms with van der Waals surface area (Å²) in [5.41, 5.74) is 2.05. The zero-order valence-corrected chi connectivity index (χ0v) is 4.55. The molecule has 8 heavy (non-hydrogen) atoms. The number of urea groups is 1. The number of hydrogen-bond donors (Lipinski definition) is 2. The van der Waals surface area contributed by atoms with Crippen LogP contribution in [0.15, 0.2) is 0 Å². The van der Waals surface area contributed by atoms with Gasteiger partial charge in [0.1, 0.15) is 0 Å². The van der Waals surface area contributed by atoms with Crippen LogP contribution in [0.4, 0.5) is 4.79 Å². The van der Waals surface area contributed by atoms with Gasteiger partial charge in [-0.05, 0) is 6.42 Å². The van der Waals surface area contributed by atoms with E-state index in [1.54, 1.807) is 4.90 Å². The zero-order chi connectivity index (χ0) is 5.98. The summed E-state index contributed by atoms with van der Waals surface area (Å²) in [5, 5.41) is 0. The minimum absolute atomic E-state index is 0.170. The zero-order valence-electron chi connectivity index (χ0n) is 4.55. The molecule has 1 aliphatic rings. The third kappa shape index (κ3) is 0.742. The second-order valence-electron chi connectivity index (χ2n) is 1.79. The quantitative estimate of drug-likeness (QED) is 0.248. The highest BCUT2D eigenvalue weighted by molar-refractivity contribution is 5.74. The summed E-state index contributed by atoms with van der Waals surface area (Å²) < 4.78 is 0. The van der Waals surface area contributed by atoms with E-state index in [9.17, 15) is 4.79 Å². The Morgan fingerprint density at radius 3 is 2.38 bits per heavy atom. The van der Waals surface area contributed by atoms with Gasteiger partial charge in [0.15, 0.2) is 0 Å². The van der Waals surface area contributed by atoms with Crippen molar-refractivity contribution >= 4 is 6.03 Å². The molecule has 1 heterocycles. The molecule has 1 rings (SSSR count).